The summed E-state index contributed by atoms with van der Waals surface area (Å²) < 4.78 is 33.0. The minimum absolute atomic E-state index is 0.115. The molecule has 0 saturated heterocycles. The molecule has 0 bridgehead atoms. The van der Waals surface area contributed by atoms with Gasteiger partial charge in [-0.3, -0.25) is 0 Å². The number of rotatable bonds is 5. The van der Waals surface area contributed by atoms with Crippen LogP contribution in [-0.2, 0) is 10.0 Å². The number of hydrogen-bond donors (Lipinski definition) is 0. The lowest BCUT2D eigenvalue weighted by Crippen LogP contribution is -2.14. The summed E-state index contributed by atoms with van der Waals surface area (Å²) in [6.07, 6.45) is 0.804. The molecule has 3 aromatic rings. The van der Waals surface area contributed by atoms with Crippen LogP contribution in [0.2, 0.25) is 5.02 Å². The highest BCUT2D eigenvalue weighted by molar-refractivity contribution is 7.90. The number of imidazole rings is 1. The molecule has 0 radical (unpaired) electrons. The second-order valence-electron chi connectivity index (χ2n) is 5.36. The van der Waals surface area contributed by atoms with Gasteiger partial charge in [-0.1, -0.05) is 30.7 Å². The van der Waals surface area contributed by atoms with E-state index in [-0.39, 0.29) is 4.90 Å². The summed E-state index contributed by atoms with van der Waals surface area (Å²) >= 11 is 6.09. The Morgan fingerprint density at radius 3 is 2.71 bits per heavy atom. The molecule has 0 amide bonds. The molecule has 1 aromatic heterocycles. The van der Waals surface area contributed by atoms with Gasteiger partial charge >= 0.3 is 0 Å². The predicted molar refractivity (Wildman–Crippen MR) is 94.3 cm³/mol. The van der Waals surface area contributed by atoms with E-state index in [1.54, 1.807) is 25.1 Å². The van der Waals surface area contributed by atoms with Crippen LogP contribution in [0.15, 0.2) is 47.4 Å². The Bertz CT molecular complexity index is 996. The summed E-state index contributed by atoms with van der Waals surface area (Å²) in [6.45, 7) is 4.10. The van der Waals surface area contributed by atoms with Crippen molar-refractivity contribution in [2.45, 2.75) is 25.2 Å². The van der Waals surface area contributed by atoms with Crippen molar-refractivity contribution in [2.24, 2.45) is 0 Å². The van der Waals surface area contributed by atoms with Gasteiger partial charge in [-0.25, -0.2) is 17.4 Å². The van der Waals surface area contributed by atoms with Crippen molar-refractivity contribution in [3.8, 4) is 5.75 Å². The van der Waals surface area contributed by atoms with E-state index < -0.39 is 10.0 Å². The molecule has 7 heteroatoms. The molecule has 0 aliphatic carbocycles. The molecule has 0 spiro atoms. The summed E-state index contributed by atoms with van der Waals surface area (Å²) in [6, 6.07) is 11.6. The maximum Gasteiger partial charge on any atom is 0.269 e. The van der Waals surface area contributed by atoms with Crippen LogP contribution >= 0.6 is 11.6 Å². The third-order valence-corrected chi connectivity index (χ3v) is 5.68. The van der Waals surface area contributed by atoms with Gasteiger partial charge in [0.1, 0.15) is 11.6 Å². The fourth-order valence-electron chi connectivity index (χ4n) is 2.50. The zero-order valence-electron chi connectivity index (χ0n) is 13.4. The van der Waals surface area contributed by atoms with Gasteiger partial charge in [0.2, 0.25) is 0 Å². The fourth-order valence-corrected chi connectivity index (χ4v) is 4.18. The Labute approximate surface area is 145 Å². The first kappa shape index (κ1) is 16.8. The number of halogens is 1. The first-order valence-corrected chi connectivity index (χ1v) is 9.39. The molecule has 2 aromatic carbocycles. The van der Waals surface area contributed by atoms with E-state index in [2.05, 4.69) is 4.98 Å². The van der Waals surface area contributed by atoms with Gasteiger partial charge in [0, 0.05) is 6.07 Å². The van der Waals surface area contributed by atoms with Crippen molar-refractivity contribution in [3.63, 3.8) is 0 Å². The van der Waals surface area contributed by atoms with E-state index in [0.29, 0.717) is 34.2 Å². The van der Waals surface area contributed by atoms with Crippen molar-refractivity contribution in [1.82, 2.24) is 8.96 Å². The van der Waals surface area contributed by atoms with E-state index in [1.165, 1.54) is 22.2 Å². The Morgan fingerprint density at radius 1 is 1.21 bits per heavy atom. The summed E-state index contributed by atoms with van der Waals surface area (Å²) in [5.41, 5.74) is 1.18. The second-order valence-corrected chi connectivity index (χ2v) is 7.55. The molecule has 0 aliphatic rings. The minimum Gasteiger partial charge on any atom is -0.492 e. The van der Waals surface area contributed by atoms with Gasteiger partial charge in [0.15, 0.2) is 0 Å². The highest BCUT2D eigenvalue weighted by Crippen LogP contribution is 2.30. The zero-order chi connectivity index (χ0) is 17.3. The normalized spacial score (nSPS) is 11.8. The molecule has 3 rings (SSSR count). The second kappa shape index (κ2) is 6.45. The molecule has 0 saturated carbocycles. The van der Waals surface area contributed by atoms with Crippen molar-refractivity contribution in [1.29, 1.82) is 0 Å². The van der Waals surface area contributed by atoms with Crippen LogP contribution in [0.25, 0.3) is 11.0 Å². The van der Waals surface area contributed by atoms with Crippen LogP contribution in [0.5, 0.6) is 5.75 Å². The number of nitrogens with zero attached hydrogens (tertiary/aromatic N) is 2. The first-order chi connectivity index (χ1) is 11.4. The molecule has 0 fully saturated rings. The molecular weight excluding hydrogens is 348 g/mol. The average molecular weight is 365 g/mol. The lowest BCUT2D eigenvalue weighted by Gasteiger charge is -2.12. The highest BCUT2D eigenvalue weighted by Gasteiger charge is 2.23. The molecule has 0 unspecified atom stereocenters. The van der Waals surface area contributed by atoms with Gasteiger partial charge in [-0.05, 0) is 37.6 Å². The first-order valence-electron chi connectivity index (χ1n) is 7.57. The Hall–Kier alpha value is -2.05. The highest BCUT2D eigenvalue weighted by atomic mass is 35.5. The predicted octanol–water partition coefficient (Wildman–Crippen LogP) is 4.02. The minimum atomic E-state index is -3.80. The van der Waals surface area contributed by atoms with Gasteiger partial charge in [0.05, 0.1) is 27.6 Å². The SMILES string of the molecule is CCCOc1cc(S(=O)(=O)n2c(C)nc3ccccc32)ccc1Cl. The topological polar surface area (TPSA) is 61.2 Å². The van der Waals surface area contributed by atoms with Crippen LogP contribution in [-0.4, -0.2) is 24.0 Å². The van der Waals surface area contributed by atoms with Crippen LogP contribution in [0.1, 0.15) is 19.2 Å². The molecule has 5 nitrogen and oxygen atoms in total. The smallest absolute Gasteiger partial charge is 0.269 e. The van der Waals surface area contributed by atoms with Crippen LogP contribution in [0.3, 0.4) is 0 Å². The summed E-state index contributed by atoms with van der Waals surface area (Å²) in [7, 11) is -3.80. The molecule has 0 atom stereocenters. The van der Waals surface area contributed by atoms with E-state index >= 15 is 0 Å². The van der Waals surface area contributed by atoms with Crippen LogP contribution in [0.4, 0.5) is 0 Å². The molecular formula is C17H17ClN2O3S. The molecule has 24 heavy (non-hydrogen) atoms. The standard InChI is InChI=1S/C17H17ClN2O3S/c1-3-10-23-17-11-13(8-9-14(17)18)24(21,22)20-12(2)19-15-6-4-5-7-16(15)20/h4-9,11H,3,10H2,1-2H3. The number of para-hydroxylation sites is 2. The van der Waals surface area contributed by atoms with Crippen LogP contribution in [0, 0.1) is 6.92 Å². The Kier molecular flexibility index (Phi) is 4.51. The van der Waals surface area contributed by atoms with Crippen molar-refractivity contribution >= 4 is 32.7 Å². The third kappa shape index (κ3) is 2.87. The van der Waals surface area contributed by atoms with Crippen molar-refractivity contribution < 1.29 is 13.2 Å². The number of aromatic nitrogens is 2. The lowest BCUT2D eigenvalue weighted by molar-refractivity contribution is 0.317. The Balaban J connectivity index is 2.15. The summed E-state index contributed by atoms with van der Waals surface area (Å²) in [4.78, 5) is 4.44. The summed E-state index contributed by atoms with van der Waals surface area (Å²) in [5.74, 6) is 0.767. The quantitative estimate of drug-likeness (QED) is 0.685. The fraction of sp³-hybridized carbons (Fsp3) is 0.235. The maximum absolute atomic E-state index is 13.1. The van der Waals surface area contributed by atoms with E-state index in [9.17, 15) is 8.42 Å². The van der Waals surface area contributed by atoms with E-state index in [4.69, 9.17) is 16.3 Å². The molecule has 0 aliphatic heterocycles. The maximum atomic E-state index is 13.1. The third-order valence-electron chi connectivity index (χ3n) is 3.58. The van der Waals surface area contributed by atoms with Gasteiger partial charge in [0.25, 0.3) is 10.0 Å². The lowest BCUT2D eigenvalue weighted by atomic mass is 10.3. The van der Waals surface area contributed by atoms with Crippen molar-refractivity contribution in [2.75, 3.05) is 6.61 Å². The van der Waals surface area contributed by atoms with Crippen molar-refractivity contribution in [3.05, 3.63) is 53.3 Å². The number of ether oxygens (including phenoxy) is 1. The number of fused-ring (bicyclic) bond motifs is 1. The zero-order valence-corrected chi connectivity index (χ0v) is 14.9. The largest absolute Gasteiger partial charge is 0.492 e. The number of benzene rings is 2. The van der Waals surface area contributed by atoms with Gasteiger partial charge in [-0.15, -0.1) is 0 Å². The van der Waals surface area contributed by atoms with E-state index in [0.717, 1.165) is 6.42 Å². The Morgan fingerprint density at radius 2 is 1.96 bits per heavy atom. The molecule has 0 N–H and O–H groups in total. The molecule has 1 heterocycles. The van der Waals surface area contributed by atoms with Gasteiger partial charge < -0.3 is 4.74 Å². The number of hydrogen-bond acceptors (Lipinski definition) is 4. The van der Waals surface area contributed by atoms with Gasteiger partial charge in [-0.2, -0.15) is 0 Å². The van der Waals surface area contributed by atoms with E-state index in [1.807, 2.05) is 13.0 Å². The average Bonchev–Trinajstić information content (AvgIpc) is 2.90. The summed E-state index contributed by atoms with van der Waals surface area (Å²) in [5, 5.41) is 0.384. The molecule has 126 valence electrons. The van der Waals surface area contributed by atoms with Crippen LogP contribution < -0.4 is 4.74 Å². The monoisotopic (exact) mass is 364 g/mol. The number of aryl methyl sites for hydroxylation is 1.